The Morgan fingerprint density at radius 3 is 3.19 bits per heavy atom. The summed E-state index contributed by atoms with van der Waals surface area (Å²) in [6, 6.07) is 4.11. The van der Waals surface area contributed by atoms with Gasteiger partial charge in [0.25, 0.3) is 0 Å². The van der Waals surface area contributed by atoms with Crippen molar-refractivity contribution in [1.82, 2.24) is 9.47 Å². The van der Waals surface area contributed by atoms with Crippen LogP contribution in [-0.2, 0) is 17.8 Å². The van der Waals surface area contributed by atoms with Crippen LogP contribution in [0.3, 0.4) is 0 Å². The first-order valence-corrected chi connectivity index (χ1v) is 6.01. The molecule has 1 aromatic heterocycles. The minimum absolute atomic E-state index is 0.298. The van der Waals surface area contributed by atoms with E-state index in [9.17, 15) is 0 Å². The summed E-state index contributed by atoms with van der Waals surface area (Å²) < 4.78 is 7.98. The van der Waals surface area contributed by atoms with Gasteiger partial charge in [-0.25, -0.2) is 0 Å². The summed E-state index contributed by atoms with van der Waals surface area (Å²) in [5.41, 5.74) is 6.86. The van der Waals surface area contributed by atoms with Gasteiger partial charge in [0.2, 0.25) is 0 Å². The van der Waals surface area contributed by atoms with Gasteiger partial charge >= 0.3 is 0 Å². The van der Waals surface area contributed by atoms with Crippen LogP contribution in [0, 0.1) is 0 Å². The molecule has 0 radical (unpaired) electrons. The first-order chi connectivity index (χ1) is 7.83. The zero-order valence-corrected chi connectivity index (χ0v) is 9.93. The summed E-state index contributed by atoms with van der Waals surface area (Å²) >= 11 is 0. The van der Waals surface area contributed by atoms with Crippen LogP contribution in [-0.4, -0.2) is 41.8 Å². The van der Waals surface area contributed by atoms with Crippen LogP contribution in [0.15, 0.2) is 18.3 Å². The highest BCUT2D eigenvalue weighted by Crippen LogP contribution is 2.09. The molecule has 1 saturated heterocycles. The van der Waals surface area contributed by atoms with E-state index in [2.05, 4.69) is 28.7 Å². The summed E-state index contributed by atoms with van der Waals surface area (Å²) in [5.74, 6) is 0. The number of morpholine rings is 1. The third-order valence-corrected chi connectivity index (χ3v) is 3.20. The molecular formula is C12H21N3O. The molecule has 4 nitrogen and oxygen atoms in total. The van der Waals surface area contributed by atoms with Crippen molar-refractivity contribution in [1.29, 1.82) is 0 Å². The molecule has 0 aromatic carbocycles. The van der Waals surface area contributed by atoms with Crippen molar-refractivity contribution < 1.29 is 4.74 Å². The van der Waals surface area contributed by atoms with Gasteiger partial charge in [0.15, 0.2) is 0 Å². The molecule has 2 rings (SSSR count). The lowest BCUT2D eigenvalue weighted by Gasteiger charge is -2.32. The molecule has 2 N–H and O–H groups in total. The molecule has 1 unspecified atom stereocenters. The Bertz CT molecular complexity index is 324. The smallest absolute Gasteiger partial charge is 0.0881 e. The van der Waals surface area contributed by atoms with Gasteiger partial charge in [-0.3, -0.25) is 4.90 Å². The molecule has 1 fully saturated rings. The van der Waals surface area contributed by atoms with E-state index in [4.69, 9.17) is 10.5 Å². The molecular weight excluding hydrogens is 202 g/mol. The first-order valence-electron chi connectivity index (χ1n) is 6.01. The van der Waals surface area contributed by atoms with Crippen LogP contribution in [0.25, 0.3) is 0 Å². The summed E-state index contributed by atoms with van der Waals surface area (Å²) in [6.07, 6.45) is 2.38. The quantitative estimate of drug-likeness (QED) is 0.816. The molecule has 0 amide bonds. The molecule has 1 atom stereocenters. The van der Waals surface area contributed by atoms with Crippen LogP contribution in [0.5, 0.6) is 0 Å². The number of rotatable bonds is 4. The Kier molecular flexibility index (Phi) is 3.98. The zero-order valence-electron chi connectivity index (χ0n) is 9.93. The second-order valence-electron chi connectivity index (χ2n) is 4.24. The SMILES string of the molecule is CCN1CCOC(Cn2cccc2CN)C1. The Morgan fingerprint density at radius 1 is 1.56 bits per heavy atom. The van der Waals surface area contributed by atoms with Crippen LogP contribution >= 0.6 is 0 Å². The number of ether oxygens (including phenoxy) is 1. The average molecular weight is 223 g/mol. The summed E-state index contributed by atoms with van der Waals surface area (Å²) in [6.45, 7) is 7.74. The Morgan fingerprint density at radius 2 is 2.44 bits per heavy atom. The monoisotopic (exact) mass is 223 g/mol. The fraction of sp³-hybridized carbons (Fsp3) is 0.667. The van der Waals surface area contributed by atoms with E-state index >= 15 is 0 Å². The van der Waals surface area contributed by atoms with Gasteiger partial charge in [-0.05, 0) is 18.7 Å². The number of nitrogens with two attached hydrogens (primary N) is 1. The van der Waals surface area contributed by atoms with E-state index in [0.29, 0.717) is 12.6 Å². The largest absolute Gasteiger partial charge is 0.374 e. The molecule has 1 aliphatic heterocycles. The normalized spacial score (nSPS) is 22.5. The van der Waals surface area contributed by atoms with Gasteiger partial charge in [0.1, 0.15) is 0 Å². The van der Waals surface area contributed by atoms with Crippen molar-refractivity contribution in [2.24, 2.45) is 5.73 Å². The Balaban J connectivity index is 1.93. The van der Waals surface area contributed by atoms with Crippen LogP contribution in [0.4, 0.5) is 0 Å². The Labute approximate surface area is 97.0 Å². The topological polar surface area (TPSA) is 43.4 Å². The summed E-state index contributed by atoms with van der Waals surface area (Å²) in [7, 11) is 0. The van der Waals surface area contributed by atoms with Crippen LogP contribution < -0.4 is 5.73 Å². The maximum atomic E-state index is 5.78. The summed E-state index contributed by atoms with van der Waals surface area (Å²) in [5, 5.41) is 0. The van der Waals surface area contributed by atoms with E-state index in [1.807, 2.05) is 6.07 Å². The molecule has 0 bridgehead atoms. The molecule has 4 heteroatoms. The molecule has 16 heavy (non-hydrogen) atoms. The predicted octanol–water partition coefficient (Wildman–Crippen LogP) is 0.667. The van der Waals surface area contributed by atoms with Gasteiger partial charge in [0.05, 0.1) is 12.7 Å². The average Bonchev–Trinajstić information content (AvgIpc) is 2.76. The van der Waals surface area contributed by atoms with Crippen molar-refractivity contribution in [2.45, 2.75) is 26.1 Å². The van der Waals surface area contributed by atoms with Crippen molar-refractivity contribution in [2.75, 3.05) is 26.2 Å². The maximum Gasteiger partial charge on any atom is 0.0881 e. The van der Waals surface area contributed by atoms with E-state index in [-0.39, 0.29) is 0 Å². The molecule has 2 heterocycles. The second kappa shape index (κ2) is 5.48. The van der Waals surface area contributed by atoms with Crippen molar-refractivity contribution in [3.63, 3.8) is 0 Å². The zero-order chi connectivity index (χ0) is 11.4. The van der Waals surface area contributed by atoms with Gasteiger partial charge in [-0.15, -0.1) is 0 Å². The lowest BCUT2D eigenvalue weighted by molar-refractivity contribution is -0.0345. The van der Waals surface area contributed by atoms with Gasteiger partial charge in [-0.2, -0.15) is 0 Å². The maximum absolute atomic E-state index is 5.78. The fourth-order valence-electron chi connectivity index (χ4n) is 2.21. The van der Waals surface area contributed by atoms with Crippen molar-refractivity contribution in [3.8, 4) is 0 Å². The molecule has 1 aliphatic rings. The highest BCUT2D eigenvalue weighted by molar-refractivity contribution is 5.06. The third-order valence-electron chi connectivity index (χ3n) is 3.20. The van der Waals surface area contributed by atoms with Gasteiger partial charge < -0.3 is 15.0 Å². The van der Waals surface area contributed by atoms with Crippen LogP contribution in [0.2, 0.25) is 0 Å². The lowest BCUT2D eigenvalue weighted by atomic mass is 10.2. The van der Waals surface area contributed by atoms with E-state index in [0.717, 1.165) is 32.8 Å². The molecule has 0 spiro atoms. The number of aromatic nitrogens is 1. The summed E-state index contributed by atoms with van der Waals surface area (Å²) in [4.78, 5) is 2.43. The molecule has 90 valence electrons. The minimum atomic E-state index is 0.298. The number of hydrogen-bond donors (Lipinski definition) is 1. The number of likely N-dealkylation sites (N-methyl/N-ethyl adjacent to an activating group) is 1. The lowest BCUT2D eigenvalue weighted by Crippen LogP contribution is -2.44. The van der Waals surface area contributed by atoms with E-state index < -0.39 is 0 Å². The standard InChI is InChI=1S/C12H21N3O/c1-2-14-6-7-16-12(9-14)10-15-5-3-4-11(15)8-13/h3-5,12H,2,6-10,13H2,1H3. The Hall–Kier alpha value is -0.840. The predicted molar refractivity (Wildman–Crippen MR) is 64.2 cm³/mol. The van der Waals surface area contributed by atoms with Gasteiger partial charge in [-0.1, -0.05) is 6.92 Å². The van der Waals surface area contributed by atoms with E-state index in [1.165, 1.54) is 5.69 Å². The highest BCUT2D eigenvalue weighted by Gasteiger charge is 2.19. The van der Waals surface area contributed by atoms with Crippen molar-refractivity contribution in [3.05, 3.63) is 24.0 Å². The fourth-order valence-corrected chi connectivity index (χ4v) is 2.21. The highest BCUT2D eigenvalue weighted by atomic mass is 16.5. The van der Waals surface area contributed by atoms with E-state index in [1.54, 1.807) is 0 Å². The second-order valence-corrected chi connectivity index (χ2v) is 4.24. The van der Waals surface area contributed by atoms with Gasteiger partial charge in [0, 0.05) is 38.1 Å². The number of hydrogen-bond acceptors (Lipinski definition) is 3. The molecule has 1 aromatic rings. The first kappa shape index (κ1) is 11.6. The van der Waals surface area contributed by atoms with Crippen LogP contribution in [0.1, 0.15) is 12.6 Å². The molecule has 0 saturated carbocycles. The third kappa shape index (κ3) is 2.64. The molecule has 0 aliphatic carbocycles. The number of nitrogens with zero attached hydrogens (tertiary/aromatic N) is 2. The minimum Gasteiger partial charge on any atom is -0.374 e. The van der Waals surface area contributed by atoms with Crippen molar-refractivity contribution >= 4 is 0 Å².